The summed E-state index contributed by atoms with van der Waals surface area (Å²) in [7, 11) is -0.829. The molecule has 4 heteroatoms. The molecule has 1 aromatic rings. The first-order valence-electron chi connectivity index (χ1n) is 9.01. The van der Waals surface area contributed by atoms with E-state index in [4.69, 9.17) is 4.43 Å². The molecule has 1 aliphatic heterocycles. The monoisotopic (exact) mass is 348 g/mol. The van der Waals surface area contributed by atoms with Gasteiger partial charge in [0.2, 0.25) is 9.04 Å². The zero-order valence-electron chi connectivity index (χ0n) is 16.6. The molecular weight excluding hydrogens is 314 g/mol. The normalized spacial score (nSPS) is 21.8. The van der Waals surface area contributed by atoms with Gasteiger partial charge in [-0.15, -0.1) is 0 Å². The van der Waals surface area contributed by atoms with Crippen LogP contribution in [0.15, 0.2) is 18.2 Å². The predicted octanol–water partition coefficient (Wildman–Crippen LogP) is 4.94. The Hall–Kier alpha value is -0.843. The van der Waals surface area contributed by atoms with E-state index in [1.165, 1.54) is 11.3 Å². The van der Waals surface area contributed by atoms with E-state index in [0.717, 1.165) is 18.7 Å². The van der Waals surface area contributed by atoms with Gasteiger partial charge < -0.3 is 14.4 Å². The number of para-hydroxylation sites is 1. The highest BCUT2D eigenvalue weighted by molar-refractivity contribution is 6.48. The average Bonchev–Trinajstić information content (AvgIpc) is 2.46. The molecule has 1 aromatic carbocycles. The van der Waals surface area contributed by atoms with Gasteiger partial charge in [0.25, 0.3) is 0 Å². The largest absolute Gasteiger partial charge is 0.410 e. The smallest absolute Gasteiger partial charge is 0.205 e. The van der Waals surface area contributed by atoms with Crippen molar-refractivity contribution in [3.05, 3.63) is 29.3 Å². The highest BCUT2D eigenvalue weighted by Gasteiger charge is 2.41. The predicted molar refractivity (Wildman–Crippen MR) is 104 cm³/mol. The minimum absolute atomic E-state index is 0.00832. The summed E-state index contributed by atoms with van der Waals surface area (Å²) >= 11 is 0. The number of nitrogens with zero attached hydrogens (tertiary/aromatic N) is 1. The van der Waals surface area contributed by atoms with Crippen molar-refractivity contribution in [3.63, 3.8) is 0 Å². The highest BCUT2D eigenvalue weighted by atomic mass is 28.3. The molecular formula is C20H34NO2Si. The summed E-state index contributed by atoms with van der Waals surface area (Å²) in [6, 6.07) is 6.34. The molecule has 0 fully saturated rings. The van der Waals surface area contributed by atoms with Crippen LogP contribution in [0.1, 0.15) is 64.9 Å². The minimum atomic E-state index is -0.829. The van der Waals surface area contributed by atoms with Crippen LogP contribution in [0.3, 0.4) is 0 Å². The van der Waals surface area contributed by atoms with E-state index < -0.39 is 15.1 Å². The van der Waals surface area contributed by atoms with Gasteiger partial charge in [0.1, 0.15) is 0 Å². The van der Waals surface area contributed by atoms with Crippen molar-refractivity contribution in [3.8, 4) is 0 Å². The SMILES string of the molecule is CCN1CC(C)(C)C(O)c2cccc(C(O[Si](C)C)C(C)(C)C)c21. The van der Waals surface area contributed by atoms with Crippen LogP contribution in [0.25, 0.3) is 0 Å². The molecule has 3 nitrogen and oxygen atoms in total. The lowest BCUT2D eigenvalue weighted by atomic mass is 9.75. The number of fused-ring (bicyclic) bond motifs is 1. The maximum absolute atomic E-state index is 10.9. The molecule has 1 aliphatic rings. The first kappa shape index (κ1) is 19.5. The minimum Gasteiger partial charge on any atom is -0.410 e. The Bertz CT molecular complexity index is 577. The quantitative estimate of drug-likeness (QED) is 0.782. The number of hydrogen-bond donors (Lipinski definition) is 1. The van der Waals surface area contributed by atoms with Crippen molar-refractivity contribution in [2.45, 2.75) is 66.8 Å². The number of aliphatic hydroxyl groups excluding tert-OH is 1. The summed E-state index contributed by atoms with van der Waals surface area (Å²) in [6.45, 7) is 19.4. The van der Waals surface area contributed by atoms with Crippen LogP contribution < -0.4 is 4.90 Å². The number of benzene rings is 1. The van der Waals surface area contributed by atoms with Gasteiger partial charge in [0, 0.05) is 35.3 Å². The second-order valence-corrected chi connectivity index (χ2v) is 11.0. The molecule has 0 aromatic heterocycles. The Morgan fingerprint density at radius 2 is 1.96 bits per heavy atom. The summed E-state index contributed by atoms with van der Waals surface area (Å²) in [5.41, 5.74) is 3.32. The third-order valence-corrected chi connectivity index (χ3v) is 5.56. The molecule has 24 heavy (non-hydrogen) atoms. The maximum Gasteiger partial charge on any atom is 0.205 e. The molecule has 0 amide bonds. The molecule has 0 aliphatic carbocycles. The van der Waals surface area contributed by atoms with Crippen molar-refractivity contribution in [2.24, 2.45) is 10.8 Å². The van der Waals surface area contributed by atoms with Crippen molar-refractivity contribution in [1.29, 1.82) is 0 Å². The summed E-state index contributed by atoms with van der Waals surface area (Å²) in [5, 5.41) is 10.9. The van der Waals surface area contributed by atoms with E-state index >= 15 is 0 Å². The zero-order valence-corrected chi connectivity index (χ0v) is 17.6. The molecule has 2 atom stereocenters. The Balaban J connectivity index is 2.63. The Morgan fingerprint density at radius 1 is 1.33 bits per heavy atom. The average molecular weight is 349 g/mol. The molecule has 1 radical (unpaired) electrons. The fraction of sp³-hybridized carbons (Fsp3) is 0.700. The zero-order chi connectivity index (χ0) is 18.3. The van der Waals surface area contributed by atoms with Crippen LogP contribution in [0.2, 0.25) is 13.1 Å². The number of anilines is 1. The van der Waals surface area contributed by atoms with E-state index in [2.05, 4.69) is 77.7 Å². The van der Waals surface area contributed by atoms with Crippen molar-refractivity contribution in [2.75, 3.05) is 18.0 Å². The topological polar surface area (TPSA) is 32.7 Å². The molecule has 1 N–H and O–H groups in total. The van der Waals surface area contributed by atoms with Crippen LogP contribution in [0, 0.1) is 10.8 Å². The van der Waals surface area contributed by atoms with Crippen LogP contribution in [-0.4, -0.2) is 27.2 Å². The van der Waals surface area contributed by atoms with Gasteiger partial charge in [0.15, 0.2) is 0 Å². The molecule has 135 valence electrons. The molecule has 0 saturated carbocycles. The first-order chi connectivity index (χ1) is 11.0. The van der Waals surface area contributed by atoms with Gasteiger partial charge in [-0.2, -0.15) is 0 Å². The van der Waals surface area contributed by atoms with E-state index in [1.54, 1.807) is 0 Å². The first-order valence-corrected chi connectivity index (χ1v) is 11.4. The van der Waals surface area contributed by atoms with E-state index in [1.807, 2.05) is 0 Å². The van der Waals surface area contributed by atoms with Crippen molar-refractivity contribution < 1.29 is 9.53 Å². The summed E-state index contributed by atoms with van der Waals surface area (Å²) in [4.78, 5) is 2.41. The maximum atomic E-state index is 10.9. The fourth-order valence-corrected chi connectivity index (χ4v) is 4.62. The van der Waals surface area contributed by atoms with Gasteiger partial charge in [-0.1, -0.05) is 52.8 Å². The van der Waals surface area contributed by atoms with Crippen LogP contribution >= 0.6 is 0 Å². The number of rotatable bonds is 4. The summed E-state index contributed by atoms with van der Waals surface area (Å²) in [5.74, 6) is 0. The highest BCUT2D eigenvalue weighted by Crippen LogP contribution is 2.49. The number of hydrogen-bond acceptors (Lipinski definition) is 3. The third-order valence-electron chi connectivity index (χ3n) is 4.85. The standard InChI is InChI=1S/C20H34NO2Si/c1-9-21-13-20(5,6)17(22)14-11-10-12-15(16(14)21)18(19(2,3)4)23-24(7)8/h10-12,17-18,22H,9,13H2,1-8H3. The second kappa shape index (κ2) is 6.81. The van der Waals surface area contributed by atoms with Crippen LogP contribution in [-0.2, 0) is 4.43 Å². The number of aliphatic hydroxyl groups is 1. The molecule has 0 bridgehead atoms. The van der Waals surface area contributed by atoms with Crippen molar-refractivity contribution in [1.82, 2.24) is 0 Å². The fourth-order valence-electron chi connectivity index (χ4n) is 3.67. The van der Waals surface area contributed by atoms with Gasteiger partial charge in [-0.05, 0) is 25.4 Å². The Labute approximate surface area is 149 Å². The summed E-state index contributed by atoms with van der Waals surface area (Å²) < 4.78 is 6.44. The molecule has 0 saturated heterocycles. The van der Waals surface area contributed by atoms with E-state index in [0.29, 0.717) is 0 Å². The summed E-state index contributed by atoms with van der Waals surface area (Å²) in [6.07, 6.45) is -0.400. The van der Waals surface area contributed by atoms with Gasteiger partial charge in [-0.25, -0.2) is 0 Å². The lowest BCUT2D eigenvalue weighted by molar-refractivity contribution is 0.0459. The molecule has 1 heterocycles. The molecule has 0 spiro atoms. The lowest BCUT2D eigenvalue weighted by Gasteiger charge is -2.46. The molecule has 2 rings (SSSR count). The lowest BCUT2D eigenvalue weighted by Crippen LogP contribution is -2.44. The Morgan fingerprint density at radius 3 is 2.46 bits per heavy atom. The van der Waals surface area contributed by atoms with Crippen molar-refractivity contribution >= 4 is 14.7 Å². The van der Waals surface area contributed by atoms with E-state index in [9.17, 15) is 5.11 Å². The Kier molecular flexibility index (Phi) is 5.53. The second-order valence-electron chi connectivity index (χ2n) is 8.96. The van der Waals surface area contributed by atoms with Gasteiger partial charge in [-0.3, -0.25) is 0 Å². The van der Waals surface area contributed by atoms with Crippen LogP contribution in [0.5, 0.6) is 0 Å². The third kappa shape index (κ3) is 3.71. The van der Waals surface area contributed by atoms with Gasteiger partial charge >= 0.3 is 0 Å². The van der Waals surface area contributed by atoms with Crippen LogP contribution in [0.4, 0.5) is 5.69 Å². The van der Waals surface area contributed by atoms with Gasteiger partial charge in [0.05, 0.1) is 12.2 Å². The molecule has 2 unspecified atom stereocenters. The van der Waals surface area contributed by atoms with E-state index in [-0.39, 0.29) is 16.9 Å².